The molecule has 1 aliphatic rings. The second kappa shape index (κ2) is 9.47. The van der Waals surface area contributed by atoms with E-state index < -0.39 is 35.5 Å². The largest absolute Gasteiger partial charge is 0.452 e. The third-order valence-electron chi connectivity index (χ3n) is 4.96. The number of esters is 1. The molecular formula is C22H22F2N2O4. The predicted molar refractivity (Wildman–Crippen MR) is 106 cm³/mol. The average molecular weight is 416 g/mol. The molecule has 3 rings (SSSR count). The number of nitrogens with one attached hydrogen (secondary N) is 1. The molecule has 0 spiro atoms. The summed E-state index contributed by atoms with van der Waals surface area (Å²) in [6, 6.07) is 10.7. The highest BCUT2D eigenvalue weighted by Crippen LogP contribution is 2.21. The quantitative estimate of drug-likeness (QED) is 0.759. The first-order valence-electron chi connectivity index (χ1n) is 9.65. The van der Waals surface area contributed by atoms with E-state index in [2.05, 4.69) is 5.32 Å². The van der Waals surface area contributed by atoms with Crippen molar-refractivity contribution < 1.29 is 27.9 Å². The Labute approximate surface area is 172 Å². The summed E-state index contributed by atoms with van der Waals surface area (Å²) in [4.78, 5) is 38.6. The van der Waals surface area contributed by atoms with Crippen molar-refractivity contribution in [3.05, 3.63) is 65.7 Å². The van der Waals surface area contributed by atoms with Crippen LogP contribution in [0.15, 0.2) is 48.5 Å². The van der Waals surface area contributed by atoms with Crippen LogP contribution in [0.2, 0.25) is 0 Å². The molecular weight excluding hydrogens is 394 g/mol. The van der Waals surface area contributed by atoms with Gasteiger partial charge in [-0.2, -0.15) is 0 Å². The van der Waals surface area contributed by atoms with E-state index in [0.717, 1.165) is 0 Å². The van der Waals surface area contributed by atoms with Crippen molar-refractivity contribution in [1.82, 2.24) is 4.90 Å². The molecule has 1 aliphatic heterocycles. The van der Waals surface area contributed by atoms with Gasteiger partial charge in [0.1, 0.15) is 11.6 Å². The Hall–Kier alpha value is -3.29. The Morgan fingerprint density at radius 2 is 1.70 bits per heavy atom. The van der Waals surface area contributed by atoms with Crippen molar-refractivity contribution in [3.63, 3.8) is 0 Å². The first kappa shape index (κ1) is 21.4. The molecule has 1 heterocycles. The maximum atomic E-state index is 13.2. The summed E-state index contributed by atoms with van der Waals surface area (Å²) in [6.45, 7) is 2.17. The van der Waals surface area contributed by atoms with Crippen molar-refractivity contribution >= 4 is 23.5 Å². The summed E-state index contributed by atoms with van der Waals surface area (Å²) >= 11 is 0. The van der Waals surface area contributed by atoms with E-state index >= 15 is 0 Å². The Balaban J connectivity index is 1.48. The number of hydrogen-bond donors (Lipinski definition) is 1. The van der Waals surface area contributed by atoms with Crippen LogP contribution in [0, 0.1) is 17.6 Å². The summed E-state index contributed by atoms with van der Waals surface area (Å²) < 4.78 is 31.5. The second-order valence-electron chi connectivity index (χ2n) is 7.15. The minimum Gasteiger partial charge on any atom is -0.452 e. The van der Waals surface area contributed by atoms with Crippen molar-refractivity contribution in [2.24, 2.45) is 5.92 Å². The Morgan fingerprint density at radius 1 is 1.03 bits per heavy atom. The molecule has 1 fully saturated rings. The molecule has 0 aromatic heterocycles. The molecule has 0 aliphatic carbocycles. The molecule has 6 nitrogen and oxygen atoms in total. The SMILES string of the molecule is CC(OC(=O)C1CCN(C(=O)c2ccc(F)cc2)CC1)C(=O)Nc1cccc(F)c1. The molecule has 8 heteroatoms. The van der Waals surface area contributed by atoms with Crippen LogP contribution < -0.4 is 5.32 Å². The maximum absolute atomic E-state index is 13.2. The minimum absolute atomic E-state index is 0.218. The zero-order valence-corrected chi connectivity index (χ0v) is 16.4. The monoisotopic (exact) mass is 416 g/mol. The van der Waals surface area contributed by atoms with E-state index in [0.29, 0.717) is 31.5 Å². The Morgan fingerprint density at radius 3 is 2.33 bits per heavy atom. The van der Waals surface area contributed by atoms with Gasteiger partial charge in [0.25, 0.3) is 11.8 Å². The van der Waals surface area contributed by atoms with Gasteiger partial charge in [-0.1, -0.05) is 6.07 Å². The molecule has 1 atom stereocenters. The van der Waals surface area contributed by atoms with Gasteiger partial charge in [-0.05, 0) is 62.2 Å². The lowest BCUT2D eigenvalue weighted by molar-refractivity contribution is -0.158. The number of halogens is 2. The van der Waals surface area contributed by atoms with Gasteiger partial charge in [-0.15, -0.1) is 0 Å². The highest BCUT2D eigenvalue weighted by atomic mass is 19.1. The molecule has 1 unspecified atom stereocenters. The van der Waals surface area contributed by atoms with Gasteiger partial charge in [0.2, 0.25) is 0 Å². The van der Waals surface area contributed by atoms with Crippen LogP contribution in [-0.2, 0) is 14.3 Å². The van der Waals surface area contributed by atoms with Crippen LogP contribution in [-0.4, -0.2) is 41.9 Å². The number of likely N-dealkylation sites (tertiary alicyclic amines) is 1. The highest BCUT2D eigenvalue weighted by molar-refractivity contribution is 5.95. The van der Waals surface area contributed by atoms with Gasteiger partial charge < -0.3 is 15.0 Å². The summed E-state index contributed by atoms with van der Waals surface area (Å²) in [7, 11) is 0. The second-order valence-corrected chi connectivity index (χ2v) is 7.15. The third-order valence-corrected chi connectivity index (χ3v) is 4.96. The van der Waals surface area contributed by atoms with E-state index in [1.54, 1.807) is 4.90 Å². The van der Waals surface area contributed by atoms with E-state index in [1.807, 2.05) is 0 Å². The van der Waals surface area contributed by atoms with Gasteiger partial charge in [0.15, 0.2) is 6.10 Å². The molecule has 2 aromatic carbocycles. The topological polar surface area (TPSA) is 75.7 Å². The lowest BCUT2D eigenvalue weighted by Gasteiger charge is -2.31. The van der Waals surface area contributed by atoms with E-state index in [1.165, 1.54) is 55.5 Å². The standard InChI is InChI=1S/C22H22F2N2O4/c1-14(20(27)25-19-4-2-3-18(24)13-19)30-22(29)16-9-11-26(12-10-16)21(28)15-5-7-17(23)8-6-15/h2-8,13-14,16H,9-12H2,1H3,(H,25,27). The smallest absolute Gasteiger partial charge is 0.309 e. The summed E-state index contributed by atoms with van der Waals surface area (Å²) in [5, 5.41) is 2.50. The molecule has 0 saturated carbocycles. The van der Waals surface area contributed by atoms with Crippen LogP contribution in [0.4, 0.5) is 14.5 Å². The van der Waals surface area contributed by atoms with Gasteiger partial charge in [0, 0.05) is 24.3 Å². The zero-order chi connectivity index (χ0) is 21.7. The van der Waals surface area contributed by atoms with Crippen molar-refractivity contribution in [1.29, 1.82) is 0 Å². The minimum atomic E-state index is -1.04. The van der Waals surface area contributed by atoms with Gasteiger partial charge in [-0.25, -0.2) is 8.78 Å². The number of anilines is 1. The lowest BCUT2D eigenvalue weighted by atomic mass is 9.96. The summed E-state index contributed by atoms with van der Waals surface area (Å²) in [5.41, 5.74) is 0.663. The zero-order valence-electron chi connectivity index (χ0n) is 16.4. The number of piperidine rings is 1. The first-order chi connectivity index (χ1) is 14.3. The van der Waals surface area contributed by atoms with Crippen molar-refractivity contribution in [2.45, 2.75) is 25.9 Å². The number of ether oxygens (including phenoxy) is 1. The van der Waals surface area contributed by atoms with Crippen LogP contribution in [0.25, 0.3) is 0 Å². The summed E-state index contributed by atoms with van der Waals surface area (Å²) in [5.74, 6) is -2.61. The van der Waals surface area contributed by atoms with Crippen LogP contribution in [0.3, 0.4) is 0 Å². The molecule has 2 amide bonds. The van der Waals surface area contributed by atoms with Gasteiger partial charge >= 0.3 is 5.97 Å². The molecule has 30 heavy (non-hydrogen) atoms. The molecule has 2 aromatic rings. The molecule has 0 radical (unpaired) electrons. The third kappa shape index (κ3) is 5.40. The fraction of sp³-hybridized carbons (Fsp3) is 0.318. The van der Waals surface area contributed by atoms with Crippen molar-refractivity contribution in [2.75, 3.05) is 18.4 Å². The Kier molecular flexibility index (Phi) is 6.76. The van der Waals surface area contributed by atoms with E-state index in [9.17, 15) is 23.2 Å². The normalized spacial score (nSPS) is 15.4. The molecule has 0 bridgehead atoms. The molecule has 1 saturated heterocycles. The average Bonchev–Trinajstić information content (AvgIpc) is 2.74. The van der Waals surface area contributed by atoms with Gasteiger partial charge in [-0.3, -0.25) is 14.4 Å². The number of nitrogens with zero attached hydrogens (tertiary/aromatic N) is 1. The van der Waals surface area contributed by atoms with Crippen LogP contribution in [0.5, 0.6) is 0 Å². The molecule has 158 valence electrons. The van der Waals surface area contributed by atoms with Gasteiger partial charge in [0.05, 0.1) is 5.92 Å². The number of carbonyl (C=O) groups excluding carboxylic acids is 3. The maximum Gasteiger partial charge on any atom is 0.309 e. The molecule has 1 N–H and O–H groups in total. The lowest BCUT2D eigenvalue weighted by Crippen LogP contribution is -2.41. The van der Waals surface area contributed by atoms with Crippen LogP contribution in [0.1, 0.15) is 30.1 Å². The van der Waals surface area contributed by atoms with Crippen LogP contribution >= 0.6 is 0 Å². The Bertz CT molecular complexity index is 925. The summed E-state index contributed by atoms with van der Waals surface area (Å²) in [6.07, 6.45) is -0.228. The highest BCUT2D eigenvalue weighted by Gasteiger charge is 2.30. The fourth-order valence-electron chi connectivity index (χ4n) is 3.23. The number of carbonyl (C=O) groups is 3. The van der Waals surface area contributed by atoms with E-state index in [4.69, 9.17) is 4.74 Å². The first-order valence-corrected chi connectivity index (χ1v) is 9.65. The van der Waals surface area contributed by atoms with Crippen molar-refractivity contribution in [3.8, 4) is 0 Å². The fourth-order valence-corrected chi connectivity index (χ4v) is 3.23. The van der Waals surface area contributed by atoms with E-state index in [-0.39, 0.29) is 11.6 Å². The predicted octanol–water partition coefficient (Wildman–Crippen LogP) is 3.39. The number of benzene rings is 2. The number of hydrogen-bond acceptors (Lipinski definition) is 4. The number of amides is 2. The number of rotatable bonds is 5.